The number of aromatic nitrogens is 1. The number of thioether (sulfide) groups is 1. The number of H-pyrrole nitrogens is 1. The Morgan fingerprint density at radius 3 is 2.81 bits per heavy atom. The number of para-hydroxylation sites is 1. The van der Waals surface area contributed by atoms with Crippen molar-refractivity contribution in [2.75, 3.05) is 5.75 Å². The summed E-state index contributed by atoms with van der Waals surface area (Å²) in [5.74, 6) is 0.439. The fraction of sp³-hybridized carbons (Fsp3) is 0.333. The molecule has 2 atom stereocenters. The standard InChI is InChI=1S/C15H17NO4S/c1-9(17)21-8-6-13(19)15(20)11-4-2-3-10-12(18)5-7-16-14(10)11/h2-5,7,13,15,19-20H,6,8H2,1H3,(H,16,18). The highest BCUT2D eigenvalue weighted by Gasteiger charge is 2.21. The Morgan fingerprint density at radius 2 is 2.10 bits per heavy atom. The van der Waals surface area contributed by atoms with Gasteiger partial charge in [0, 0.05) is 35.9 Å². The fourth-order valence-electron chi connectivity index (χ4n) is 2.16. The first kappa shape index (κ1) is 15.8. The van der Waals surface area contributed by atoms with Gasteiger partial charge in [0.15, 0.2) is 10.5 Å². The lowest BCUT2D eigenvalue weighted by molar-refractivity contribution is -0.109. The largest absolute Gasteiger partial charge is 0.390 e. The van der Waals surface area contributed by atoms with Crippen LogP contribution < -0.4 is 5.43 Å². The van der Waals surface area contributed by atoms with E-state index >= 15 is 0 Å². The van der Waals surface area contributed by atoms with Crippen molar-refractivity contribution in [2.45, 2.75) is 25.6 Å². The van der Waals surface area contributed by atoms with Gasteiger partial charge < -0.3 is 15.2 Å². The molecule has 2 rings (SSSR count). The molecule has 21 heavy (non-hydrogen) atoms. The minimum absolute atomic E-state index is 0.0221. The molecule has 1 heterocycles. The van der Waals surface area contributed by atoms with Crippen LogP contribution in [0, 0.1) is 0 Å². The van der Waals surface area contributed by atoms with E-state index in [0.717, 1.165) is 11.8 Å². The summed E-state index contributed by atoms with van der Waals surface area (Å²) in [6, 6.07) is 6.43. The van der Waals surface area contributed by atoms with Crippen molar-refractivity contribution in [3.05, 3.63) is 46.2 Å². The van der Waals surface area contributed by atoms with E-state index in [-0.39, 0.29) is 10.5 Å². The van der Waals surface area contributed by atoms with Crippen LogP contribution in [0.1, 0.15) is 25.0 Å². The number of rotatable bonds is 5. The molecule has 1 aromatic carbocycles. The highest BCUT2D eigenvalue weighted by atomic mass is 32.2. The van der Waals surface area contributed by atoms with Gasteiger partial charge in [-0.25, -0.2) is 0 Å². The number of hydrogen-bond donors (Lipinski definition) is 3. The van der Waals surface area contributed by atoms with E-state index in [2.05, 4.69) is 4.98 Å². The summed E-state index contributed by atoms with van der Waals surface area (Å²) in [7, 11) is 0. The number of carbonyl (C=O) groups excluding carboxylic acids is 1. The van der Waals surface area contributed by atoms with Crippen LogP contribution in [0.15, 0.2) is 35.3 Å². The van der Waals surface area contributed by atoms with Gasteiger partial charge in [0.25, 0.3) is 0 Å². The molecular formula is C15H17NO4S. The molecule has 0 aliphatic rings. The molecule has 2 unspecified atom stereocenters. The number of aliphatic hydroxyl groups is 2. The number of hydrogen-bond acceptors (Lipinski definition) is 5. The van der Waals surface area contributed by atoms with E-state index in [1.807, 2.05) is 0 Å². The second-order valence-corrected chi connectivity index (χ2v) is 6.02. The predicted octanol–water partition coefficient (Wildman–Crippen LogP) is 1.59. The number of aliphatic hydroxyl groups excluding tert-OH is 2. The van der Waals surface area contributed by atoms with E-state index in [0.29, 0.717) is 28.6 Å². The maximum Gasteiger partial charge on any atom is 0.189 e. The lowest BCUT2D eigenvalue weighted by atomic mass is 9.99. The topological polar surface area (TPSA) is 90.4 Å². The average molecular weight is 307 g/mol. The smallest absolute Gasteiger partial charge is 0.189 e. The number of aromatic amines is 1. The second-order valence-electron chi connectivity index (χ2n) is 4.75. The maximum atomic E-state index is 11.8. The number of benzene rings is 1. The summed E-state index contributed by atoms with van der Waals surface area (Å²) in [4.78, 5) is 25.6. The highest BCUT2D eigenvalue weighted by molar-refractivity contribution is 8.13. The van der Waals surface area contributed by atoms with E-state index in [9.17, 15) is 19.8 Å². The summed E-state index contributed by atoms with van der Waals surface area (Å²) in [5.41, 5.74) is 0.862. The van der Waals surface area contributed by atoms with E-state index in [1.165, 1.54) is 19.2 Å². The van der Waals surface area contributed by atoms with E-state index < -0.39 is 12.2 Å². The van der Waals surface area contributed by atoms with Crippen molar-refractivity contribution in [1.29, 1.82) is 0 Å². The van der Waals surface area contributed by atoms with E-state index in [1.54, 1.807) is 18.2 Å². The van der Waals surface area contributed by atoms with Gasteiger partial charge in [-0.1, -0.05) is 23.9 Å². The molecular weight excluding hydrogens is 290 g/mol. The molecule has 0 radical (unpaired) electrons. The van der Waals surface area contributed by atoms with Gasteiger partial charge in [0.1, 0.15) is 6.10 Å². The van der Waals surface area contributed by atoms with Gasteiger partial charge in [-0.05, 0) is 12.5 Å². The second kappa shape index (κ2) is 6.89. The van der Waals surface area contributed by atoms with Gasteiger partial charge in [-0.15, -0.1) is 0 Å². The van der Waals surface area contributed by atoms with Crippen molar-refractivity contribution in [2.24, 2.45) is 0 Å². The van der Waals surface area contributed by atoms with Gasteiger partial charge in [-0.3, -0.25) is 9.59 Å². The Kier molecular flexibility index (Phi) is 5.17. The van der Waals surface area contributed by atoms with Crippen LogP contribution in [0.2, 0.25) is 0 Å². The Bertz CT molecular complexity index is 697. The Hall–Kier alpha value is -1.63. The summed E-state index contributed by atoms with van der Waals surface area (Å²) in [5, 5.41) is 20.8. The molecule has 3 N–H and O–H groups in total. The molecule has 0 bridgehead atoms. The molecule has 5 nitrogen and oxygen atoms in total. The molecule has 0 spiro atoms. The van der Waals surface area contributed by atoms with Gasteiger partial charge in [-0.2, -0.15) is 0 Å². The van der Waals surface area contributed by atoms with Crippen LogP contribution in [0.25, 0.3) is 10.9 Å². The average Bonchev–Trinajstić information content (AvgIpc) is 2.46. The SMILES string of the molecule is CC(=O)SCCC(O)C(O)c1cccc2c(=O)cc[nH]c12. The molecule has 0 aliphatic carbocycles. The van der Waals surface area contributed by atoms with Crippen LogP contribution in [0.4, 0.5) is 0 Å². The molecule has 2 aromatic rings. The van der Waals surface area contributed by atoms with Crippen LogP contribution in [-0.2, 0) is 4.79 Å². The monoisotopic (exact) mass is 307 g/mol. The van der Waals surface area contributed by atoms with Crippen LogP contribution in [0.3, 0.4) is 0 Å². The lowest BCUT2D eigenvalue weighted by Gasteiger charge is -2.19. The lowest BCUT2D eigenvalue weighted by Crippen LogP contribution is -2.20. The first-order valence-electron chi connectivity index (χ1n) is 6.60. The van der Waals surface area contributed by atoms with Gasteiger partial charge in [0.05, 0.1) is 11.6 Å². The van der Waals surface area contributed by atoms with Crippen molar-refractivity contribution in [3.8, 4) is 0 Å². The minimum atomic E-state index is -1.11. The molecule has 0 fully saturated rings. The van der Waals surface area contributed by atoms with Crippen molar-refractivity contribution in [1.82, 2.24) is 4.98 Å². The zero-order chi connectivity index (χ0) is 15.4. The van der Waals surface area contributed by atoms with Crippen molar-refractivity contribution in [3.63, 3.8) is 0 Å². The Balaban J connectivity index is 2.23. The highest BCUT2D eigenvalue weighted by Crippen LogP contribution is 2.25. The van der Waals surface area contributed by atoms with Crippen LogP contribution >= 0.6 is 11.8 Å². The molecule has 0 saturated heterocycles. The Labute approximate surface area is 126 Å². The minimum Gasteiger partial charge on any atom is -0.390 e. The molecule has 0 saturated carbocycles. The third kappa shape index (κ3) is 3.72. The third-order valence-electron chi connectivity index (χ3n) is 3.23. The number of carbonyl (C=O) groups is 1. The number of pyridine rings is 1. The van der Waals surface area contributed by atoms with Gasteiger partial charge >= 0.3 is 0 Å². The summed E-state index contributed by atoms with van der Waals surface area (Å²) in [6.45, 7) is 1.46. The molecule has 0 aliphatic heterocycles. The summed E-state index contributed by atoms with van der Waals surface area (Å²) in [6.07, 6.45) is -0.303. The molecule has 1 aromatic heterocycles. The predicted molar refractivity (Wildman–Crippen MR) is 83.3 cm³/mol. The normalized spacial score (nSPS) is 14.0. The van der Waals surface area contributed by atoms with Crippen molar-refractivity contribution >= 4 is 27.8 Å². The third-order valence-corrected chi connectivity index (χ3v) is 4.07. The first-order chi connectivity index (χ1) is 10.0. The summed E-state index contributed by atoms with van der Waals surface area (Å²) >= 11 is 1.11. The number of nitrogens with one attached hydrogen (secondary N) is 1. The fourth-order valence-corrected chi connectivity index (χ4v) is 2.81. The zero-order valence-electron chi connectivity index (χ0n) is 11.6. The zero-order valence-corrected chi connectivity index (χ0v) is 12.4. The van der Waals surface area contributed by atoms with Crippen molar-refractivity contribution < 1.29 is 15.0 Å². The quantitative estimate of drug-likeness (QED) is 0.780. The van der Waals surface area contributed by atoms with Crippen LogP contribution in [-0.4, -0.2) is 32.2 Å². The Morgan fingerprint density at radius 1 is 1.33 bits per heavy atom. The van der Waals surface area contributed by atoms with E-state index in [4.69, 9.17) is 0 Å². The summed E-state index contributed by atoms with van der Waals surface area (Å²) < 4.78 is 0. The first-order valence-corrected chi connectivity index (χ1v) is 7.59. The van der Waals surface area contributed by atoms with Gasteiger partial charge in [0.2, 0.25) is 0 Å². The number of fused-ring (bicyclic) bond motifs is 1. The molecule has 0 amide bonds. The molecule has 112 valence electrons. The molecule has 6 heteroatoms. The van der Waals surface area contributed by atoms with Crippen LogP contribution in [0.5, 0.6) is 0 Å². The maximum absolute atomic E-state index is 11.8.